The number of nitrogens with two attached hydrogens (primary N) is 1. The van der Waals surface area contributed by atoms with Gasteiger partial charge < -0.3 is 16.0 Å². The Morgan fingerprint density at radius 1 is 1.37 bits per heavy atom. The second-order valence-electron chi connectivity index (χ2n) is 5.39. The number of nitrogens with zero attached hydrogens (tertiary/aromatic N) is 1. The van der Waals surface area contributed by atoms with Crippen LogP contribution in [0.5, 0.6) is 0 Å². The third-order valence-corrected chi connectivity index (χ3v) is 3.89. The number of benzene rings is 1. The second-order valence-corrected chi connectivity index (χ2v) is 5.39. The Balaban J connectivity index is 2.03. The fourth-order valence-corrected chi connectivity index (χ4v) is 2.51. The van der Waals surface area contributed by atoms with E-state index >= 15 is 0 Å². The number of hydrogen-bond donors (Lipinski definition) is 2. The SMILES string of the molecule is CNCCCN(C)C(=O)C1(c2ccc(N)cc2)CC1. The summed E-state index contributed by atoms with van der Waals surface area (Å²) in [5.74, 6) is 0.244. The molecule has 3 N–H and O–H groups in total. The van der Waals surface area contributed by atoms with Crippen molar-refractivity contribution in [2.24, 2.45) is 0 Å². The number of likely N-dealkylation sites (N-methyl/N-ethyl adjacent to an activating group) is 1. The number of amides is 1. The van der Waals surface area contributed by atoms with Crippen LogP contribution < -0.4 is 11.1 Å². The minimum atomic E-state index is -0.276. The summed E-state index contributed by atoms with van der Waals surface area (Å²) in [6.45, 7) is 1.74. The standard InChI is InChI=1S/C15H23N3O/c1-17-10-3-11-18(2)14(19)15(8-9-15)12-4-6-13(16)7-5-12/h4-7,17H,3,8-11,16H2,1-2H3. The molecule has 1 aromatic rings. The van der Waals surface area contributed by atoms with Gasteiger partial charge in [-0.05, 0) is 50.6 Å². The molecular formula is C15H23N3O. The van der Waals surface area contributed by atoms with Crippen molar-refractivity contribution in [1.82, 2.24) is 10.2 Å². The van der Waals surface area contributed by atoms with Gasteiger partial charge in [0, 0.05) is 19.3 Å². The Morgan fingerprint density at radius 3 is 2.53 bits per heavy atom. The van der Waals surface area contributed by atoms with E-state index in [2.05, 4.69) is 5.32 Å². The molecule has 0 bridgehead atoms. The molecule has 0 radical (unpaired) electrons. The van der Waals surface area contributed by atoms with E-state index in [9.17, 15) is 4.79 Å². The van der Waals surface area contributed by atoms with Crippen molar-refractivity contribution in [3.63, 3.8) is 0 Å². The van der Waals surface area contributed by atoms with Crippen molar-refractivity contribution < 1.29 is 4.79 Å². The normalized spacial score (nSPS) is 16.1. The summed E-state index contributed by atoms with van der Waals surface area (Å²) in [4.78, 5) is 14.4. The minimum Gasteiger partial charge on any atom is -0.399 e. The Morgan fingerprint density at radius 2 is 2.00 bits per heavy atom. The van der Waals surface area contributed by atoms with Gasteiger partial charge in [0.05, 0.1) is 5.41 Å². The van der Waals surface area contributed by atoms with E-state index in [0.29, 0.717) is 0 Å². The number of anilines is 1. The first-order valence-corrected chi connectivity index (χ1v) is 6.86. The van der Waals surface area contributed by atoms with Crippen molar-refractivity contribution in [2.45, 2.75) is 24.7 Å². The first kappa shape index (κ1) is 13.9. The number of rotatable bonds is 6. The van der Waals surface area contributed by atoms with Crippen LogP contribution in [-0.2, 0) is 10.2 Å². The number of carbonyl (C=O) groups excluding carboxylic acids is 1. The van der Waals surface area contributed by atoms with Crippen LogP contribution in [0.25, 0.3) is 0 Å². The van der Waals surface area contributed by atoms with Crippen LogP contribution in [0.15, 0.2) is 24.3 Å². The molecule has 2 rings (SSSR count). The monoisotopic (exact) mass is 261 g/mol. The Kier molecular flexibility index (Phi) is 4.10. The van der Waals surface area contributed by atoms with Gasteiger partial charge in [0.1, 0.15) is 0 Å². The zero-order valence-electron chi connectivity index (χ0n) is 11.8. The maximum absolute atomic E-state index is 12.6. The van der Waals surface area contributed by atoms with Gasteiger partial charge in [-0.3, -0.25) is 4.79 Å². The molecule has 19 heavy (non-hydrogen) atoms. The number of carbonyl (C=O) groups is 1. The smallest absolute Gasteiger partial charge is 0.232 e. The molecule has 0 aromatic heterocycles. The van der Waals surface area contributed by atoms with Crippen LogP contribution in [0.1, 0.15) is 24.8 Å². The summed E-state index contributed by atoms with van der Waals surface area (Å²) in [7, 11) is 3.83. The van der Waals surface area contributed by atoms with Gasteiger partial charge in [0.2, 0.25) is 5.91 Å². The fourth-order valence-electron chi connectivity index (χ4n) is 2.51. The first-order chi connectivity index (χ1) is 9.10. The maximum Gasteiger partial charge on any atom is 0.232 e. The third kappa shape index (κ3) is 2.89. The van der Waals surface area contributed by atoms with Gasteiger partial charge in [0.25, 0.3) is 0 Å². The molecule has 0 aliphatic heterocycles. The van der Waals surface area contributed by atoms with Crippen molar-refractivity contribution in [3.8, 4) is 0 Å². The molecule has 0 spiro atoms. The predicted octanol–water partition coefficient (Wildman–Crippen LogP) is 1.37. The third-order valence-electron chi connectivity index (χ3n) is 3.89. The molecule has 4 nitrogen and oxygen atoms in total. The first-order valence-electron chi connectivity index (χ1n) is 6.86. The molecule has 1 aliphatic rings. The molecule has 0 heterocycles. The average molecular weight is 261 g/mol. The maximum atomic E-state index is 12.6. The highest BCUT2D eigenvalue weighted by Gasteiger charge is 2.52. The highest BCUT2D eigenvalue weighted by Crippen LogP contribution is 2.49. The summed E-state index contributed by atoms with van der Waals surface area (Å²) in [6, 6.07) is 7.73. The number of nitrogen functional groups attached to an aromatic ring is 1. The van der Waals surface area contributed by atoms with Crippen molar-refractivity contribution in [1.29, 1.82) is 0 Å². The molecule has 1 aliphatic carbocycles. The lowest BCUT2D eigenvalue weighted by atomic mass is 9.94. The predicted molar refractivity (Wildman–Crippen MR) is 77.9 cm³/mol. The van der Waals surface area contributed by atoms with Crippen LogP contribution in [0.3, 0.4) is 0 Å². The van der Waals surface area contributed by atoms with Crippen molar-refractivity contribution >= 4 is 11.6 Å². The average Bonchev–Trinajstić information content (AvgIpc) is 3.20. The van der Waals surface area contributed by atoms with Crippen LogP contribution in [0, 0.1) is 0 Å². The van der Waals surface area contributed by atoms with Crippen LogP contribution in [-0.4, -0.2) is 38.0 Å². The lowest BCUT2D eigenvalue weighted by Gasteiger charge is -2.24. The van der Waals surface area contributed by atoms with Gasteiger partial charge in [-0.1, -0.05) is 12.1 Å². The van der Waals surface area contributed by atoms with E-state index in [1.165, 1.54) is 0 Å². The molecule has 1 fully saturated rings. The van der Waals surface area contributed by atoms with Crippen molar-refractivity contribution in [3.05, 3.63) is 29.8 Å². The minimum absolute atomic E-state index is 0.244. The number of hydrogen-bond acceptors (Lipinski definition) is 3. The molecule has 104 valence electrons. The lowest BCUT2D eigenvalue weighted by molar-refractivity contribution is -0.132. The van der Waals surface area contributed by atoms with E-state index < -0.39 is 0 Å². The Labute approximate surface area is 115 Å². The highest BCUT2D eigenvalue weighted by molar-refractivity contribution is 5.91. The molecule has 1 amide bonds. The molecule has 0 saturated heterocycles. The van der Waals surface area contributed by atoms with E-state index in [1.54, 1.807) is 0 Å². The molecule has 4 heteroatoms. The van der Waals surface area contributed by atoms with E-state index in [-0.39, 0.29) is 11.3 Å². The van der Waals surface area contributed by atoms with Gasteiger partial charge >= 0.3 is 0 Å². The van der Waals surface area contributed by atoms with Crippen LogP contribution in [0.2, 0.25) is 0 Å². The summed E-state index contributed by atoms with van der Waals surface area (Å²) in [5.41, 5.74) is 7.28. The van der Waals surface area contributed by atoms with Gasteiger partial charge in [0.15, 0.2) is 0 Å². The van der Waals surface area contributed by atoms with Crippen LogP contribution in [0.4, 0.5) is 5.69 Å². The topological polar surface area (TPSA) is 58.4 Å². The second kappa shape index (κ2) is 5.61. The lowest BCUT2D eigenvalue weighted by Crippen LogP contribution is -2.37. The Hall–Kier alpha value is -1.55. The van der Waals surface area contributed by atoms with E-state index in [1.807, 2.05) is 43.3 Å². The number of nitrogens with one attached hydrogen (secondary N) is 1. The van der Waals surface area contributed by atoms with Gasteiger partial charge in [-0.15, -0.1) is 0 Å². The largest absolute Gasteiger partial charge is 0.399 e. The van der Waals surface area contributed by atoms with E-state index in [0.717, 1.165) is 43.6 Å². The molecule has 1 saturated carbocycles. The summed E-state index contributed by atoms with van der Waals surface area (Å²) in [6.07, 6.45) is 2.88. The molecule has 0 atom stereocenters. The fraction of sp³-hybridized carbons (Fsp3) is 0.533. The van der Waals surface area contributed by atoms with Crippen molar-refractivity contribution in [2.75, 3.05) is 32.9 Å². The van der Waals surface area contributed by atoms with Gasteiger partial charge in [-0.2, -0.15) is 0 Å². The van der Waals surface area contributed by atoms with Gasteiger partial charge in [-0.25, -0.2) is 0 Å². The molecular weight excluding hydrogens is 238 g/mol. The summed E-state index contributed by atoms with van der Waals surface area (Å²) >= 11 is 0. The Bertz CT molecular complexity index is 437. The molecule has 0 unspecified atom stereocenters. The zero-order valence-corrected chi connectivity index (χ0v) is 11.8. The summed E-state index contributed by atoms with van der Waals surface area (Å²) in [5, 5.41) is 3.10. The zero-order chi connectivity index (χ0) is 13.9. The quantitative estimate of drug-likeness (QED) is 0.600. The summed E-state index contributed by atoms with van der Waals surface area (Å²) < 4.78 is 0. The molecule has 1 aromatic carbocycles. The highest BCUT2D eigenvalue weighted by atomic mass is 16.2. The van der Waals surface area contributed by atoms with E-state index in [4.69, 9.17) is 5.73 Å². The van der Waals surface area contributed by atoms with Crippen LogP contribution >= 0.6 is 0 Å².